The minimum atomic E-state index is -0.308. The molecule has 1 amide bonds. The zero-order valence-electron chi connectivity index (χ0n) is 15.6. The van der Waals surface area contributed by atoms with Crippen molar-refractivity contribution in [2.45, 2.75) is 6.42 Å². The van der Waals surface area contributed by atoms with Crippen LogP contribution in [0.4, 0.5) is 10.2 Å². The normalized spacial score (nSPS) is 11.0. The Morgan fingerprint density at radius 1 is 1.28 bits per heavy atom. The van der Waals surface area contributed by atoms with Crippen LogP contribution in [0.5, 0.6) is 5.06 Å². The van der Waals surface area contributed by atoms with Gasteiger partial charge in [0, 0.05) is 12.1 Å². The minimum absolute atomic E-state index is 0.284. The first-order valence-electron chi connectivity index (χ1n) is 8.87. The van der Waals surface area contributed by atoms with Crippen LogP contribution >= 0.6 is 11.3 Å². The number of nitrogen functional groups attached to an aromatic ring is 1. The molecule has 1 aromatic carbocycles. The van der Waals surface area contributed by atoms with Crippen LogP contribution in [-0.2, 0) is 6.42 Å². The number of hydrogen-bond donors (Lipinski definition) is 2. The fraction of sp³-hybridized carbons (Fsp3) is 0.150. The van der Waals surface area contributed by atoms with Crippen molar-refractivity contribution < 1.29 is 13.9 Å². The molecule has 3 aromatic heterocycles. The predicted octanol–water partition coefficient (Wildman–Crippen LogP) is 3.16. The van der Waals surface area contributed by atoms with Gasteiger partial charge in [-0.3, -0.25) is 4.79 Å². The summed E-state index contributed by atoms with van der Waals surface area (Å²) in [7, 11) is 1.60. The molecule has 0 bridgehead atoms. The number of benzene rings is 1. The van der Waals surface area contributed by atoms with E-state index in [4.69, 9.17) is 10.5 Å². The van der Waals surface area contributed by atoms with E-state index in [0.717, 1.165) is 9.94 Å². The molecule has 9 heteroatoms. The summed E-state index contributed by atoms with van der Waals surface area (Å²) in [6, 6.07) is 13.4. The van der Waals surface area contributed by atoms with E-state index in [1.807, 2.05) is 12.1 Å². The van der Waals surface area contributed by atoms with Crippen LogP contribution in [0.3, 0.4) is 0 Å². The maximum Gasteiger partial charge on any atom is 0.251 e. The molecule has 0 saturated carbocycles. The average molecular weight is 411 g/mol. The molecule has 0 spiro atoms. The number of thiophene rings is 1. The van der Waals surface area contributed by atoms with Gasteiger partial charge in [-0.05, 0) is 42.3 Å². The molecular weight excluding hydrogens is 393 g/mol. The van der Waals surface area contributed by atoms with E-state index < -0.39 is 0 Å². The first-order valence-corrected chi connectivity index (χ1v) is 9.69. The summed E-state index contributed by atoms with van der Waals surface area (Å²) in [6.45, 7) is 0.303. The summed E-state index contributed by atoms with van der Waals surface area (Å²) in [5.41, 5.74) is 7.45. The summed E-state index contributed by atoms with van der Waals surface area (Å²) in [6.07, 6.45) is 0.394. The third kappa shape index (κ3) is 3.90. The van der Waals surface area contributed by atoms with Gasteiger partial charge in [-0.25, -0.2) is 9.37 Å². The SMILES string of the molecule is COc1ccc(-c2nc3cc(C(=O)NCCc4ccccc4F)cc(N)n3n2)s1. The van der Waals surface area contributed by atoms with Crippen LogP contribution in [-0.4, -0.2) is 34.2 Å². The van der Waals surface area contributed by atoms with E-state index in [9.17, 15) is 9.18 Å². The molecule has 3 heterocycles. The Morgan fingerprint density at radius 2 is 2.10 bits per heavy atom. The third-order valence-electron chi connectivity index (χ3n) is 4.37. The molecule has 4 rings (SSSR count). The number of ether oxygens (including phenoxy) is 1. The molecule has 0 aliphatic carbocycles. The number of carbonyl (C=O) groups excluding carboxylic acids is 1. The number of nitrogens with one attached hydrogen (secondary N) is 1. The summed E-state index contributed by atoms with van der Waals surface area (Å²) in [5, 5.41) is 7.94. The Morgan fingerprint density at radius 3 is 2.86 bits per heavy atom. The lowest BCUT2D eigenvalue weighted by Gasteiger charge is -2.07. The largest absolute Gasteiger partial charge is 0.487 e. The van der Waals surface area contributed by atoms with Gasteiger partial charge in [0.15, 0.2) is 16.5 Å². The topological polar surface area (TPSA) is 94.5 Å². The molecule has 0 aliphatic heterocycles. The Balaban J connectivity index is 1.51. The van der Waals surface area contributed by atoms with Crippen LogP contribution in [0.25, 0.3) is 16.3 Å². The van der Waals surface area contributed by atoms with Gasteiger partial charge in [0.1, 0.15) is 11.6 Å². The van der Waals surface area contributed by atoms with E-state index in [1.54, 1.807) is 37.4 Å². The fourth-order valence-corrected chi connectivity index (χ4v) is 3.66. The molecule has 0 unspecified atom stereocenters. The molecule has 4 aromatic rings. The van der Waals surface area contributed by atoms with Crippen LogP contribution in [0.15, 0.2) is 48.5 Å². The second-order valence-corrected chi connectivity index (χ2v) is 7.34. The van der Waals surface area contributed by atoms with Crippen LogP contribution in [0.2, 0.25) is 0 Å². The maximum absolute atomic E-state index is 13.7. The highest BCUT2D eigenvalue weighted by Gasteiger charge is 2.15. The predicted molar refractivity (Wildman–Crippen MR) is 110 cm³/mol. The monoisotopic (exact) mass is 411 g/mol. The van der Waals surface area contributed by atoms with Gasteiger partial charge in [0.2, 0.25) is 0 Å². The molecule has 0 atom stereocenters. The number of hydrogen-bond acceptors (Lipinski definition) is 6. The second kappa shape index (κ2) is 7.88. The Labute approximate surface area is 170 Å². The van der Waals surface area contributed by atoms with Crippen molar-refractivity contribution in [3.63, 3.8) is 0 Å². The minimum Gasteiger partial charge on any atom is -0.487 e. The molecule has 0 radical (unpaired) electrons. The number of halogens is 1. The van der Waals surface area contributed by atoms with E-state index in [2.05, 4.69) is 15.4 Å². The van der Waals surface area contributed by atoms with Gasteiger partial charge < -0.3 is 15.8 Å². The van der Waals surface area contributed by atoms with E-state index in [1.165, 1.54) is 21.9 Å². The fourth-order valence-electron chi connectivity index (χ4n) is 2.91. The van der Waals surface area contributed by atoms with E-state index in [-0.39, 0.29) is 11.7 Å². The summed E-state index contributed by atoms with van der Waals surface area (Å²) < 4.78 is 20.4. The highest BCUT2D eigenvalue weighted by atomic mass is 32.1. The zero-order valence-corrected chi connectivity index (χ0v) is 16.4. The number of fused-ring (bicyclic) bond motifs is 1. The number of aromatic nitrogens is 3. The highest BCUT2D eigenvalue weighted by Crippen LogP contribution is 2.31. The number of amides is 1. The molecular formula is C20H18FN5O2S. The second-order valence-electron chi connectivity index (χ2n) is 6.29. The number of anilines is 1. The van der Waals surface area contributed by atoms with Gasteiger partial charge >= 0.3 is 0 Å². The Bertz CT molecular complexity index is 1190. The molecule has 3 N–H and O–H groups in total. The van der Waals surface area contributed by atoms with Crippen LogP contribution in [0.1, 0.15) is 15.9 Å². The van der Waals surface area contributed by atoms with Crippen LogP contribution in [0, 0.1) is 5.82 Å². The highest BCUT2D eigenvalue weighted by molar-refractivity contribution is 7.17. The molecule has 0 saturated heterocycles. The van der Waals surface area contributed by atoms with Gasteiger partial charge in [0.25, 0.3) is 5.91 Å². The van der Waals surface area contributed by atoms with Crippen molar-refractivity contribution in [1.29, 1.82) is 0 Å². The number of nitrogens with zero attached hydrogens (tertiary/aromatic N) is 3. The van der Waals surface area contributed by atoms with Crippen molar-refractivity contribution in [2.75, 3.05) is 19.4 Å². The quantitative estimate of drug-likeness (QED) is 0.508. The third-order valence-corrected chi connectivity index (χ3v) is 5.41. The van der Waals surface area contributed by atoms with Crippen molar-refractivity contribution in [2.24, 2.45) is 0 Å². The van der Waals surface area contributed by atoms with Gasteiger partial charge in [-0.2, -0.15) is 4.52 Å². The summed E-state index contributed by atoms with van der Waals surface area (Å²) >= 11 is 1.42. The average Bonchev–Trinajstić information content (AvgIpc) is 3.36. The van der Waals surface area contributed by atoms with Gasteiger partial charge in [-0.15, -0.1) is 5.10 Å². The van der Waals surface area contributed by atoms with E-state index in [0.29, 0.717) is 41.4 Å². The number of methoxy groups -OCH3 is 1. The van der Waals surface area contributed by atoms with Crippen molar-refractivity contribution >= 4 is 28.7 Å². The summed E-state index contributed by atoms with van der Waals surface area (Å²) in [5.74, 6) is 0.206. The zero-order chi connectivity index (χ0) is 20.4. The lowest BCUT2D eigenvalue weighted by molar-refractivity contribution is 0.0954. The smallest absolute Gasteiger partial charge is 0.251 e. The first kappa shape index (κ1) is 18.9. The van der Waals surface area contributed by atoms with E-state index >= 15 is 0 Å². The van der Waals surface area contributed by atoms with Gasteiger partial charge in [-0.1, -0.05) is 29.5 Å². The molecule has 0 aliphatic rings. The Kier molecular flexibility index (Phi) is 5.13. The number of rotatable bonds is 6. The molecule has 148 valence electrons. The number of pyridine rings is 1. The number of carbonyl (C=O) groups is 1. The molecule has 7 nitrogen and oxygen atoms in total. The number of nitrogens with two attached hydrogens (primary N) is 1. The lowest BCUT2D eigenvalue weighted by atomic mass is 10.1. The standard InChI is InChI=1S/C20H18FN5O2S/c1-28-18-7-6-15(29-18)19-24-17-11-13(10-16(22)26(17)25-19)20(27)23-9-8-12-4-2-3-5-14(12)21/h2-7,10-11H,8-9,22H2,1H3,(H,23,27). The maximum atomic E-state index is 13.7. The Hall–Kier alpha value is -3.46. The molecule has 0 fully saturated rings. The van der Waals surface area contributed by atoms with Crippen molar-refractivity contribution in [3.8, 4) is 15.8 Å². The lowest BCUT2D eigenvalue weighted by Crippen LogP contribution is -2.26. The van der Waals surface area contributed by atoms with Gasteiger partial charge in [0.05, 0.1) is 12.0 Å². The van der Waals surface area contributed by atoms with Crippen molar-refractivity contribution in [1.82, 2.24) is 19.9 Å². The summed E-state index contributed by atoms with van der Waals surface area (Å²) in [4.78, 5) is 17.8. The first-order chi connectivity index (χ1) is 14.0. The molecule has 29 heavy (non-hydrogen) atoms. The van der Waals surface area contributed by atoms with Crippen LogP contribution < -0.4 is 15.8 Å². The van der Waals surface area contributed by atoms with Crippen molar-refractivity contribution in [3.05, 3.63) is 65.5 Å².